The number of hydrogen-bond acceptors (Lipinski definition) is 5. The number of aliphatic hydroxyl groups is 1. The molecule has 0 aliphatic carbocycles. The normalized spacial score (nSPS) is 20.3. The van der Waals surface area contributed by atoms with Crippen LogP contribution in [0.1, 0.15) is 12.8 Å². The lowest BCUT2D eigenvalue weighted by Crippen LogP contribution is -2.37. The van der Waals surface area contributed by atoms with Crippen LogP contribution in [0, 0.1) is 16.0 Å². The van der Waals surface area contributed by atoms with Gasteiger partial charge >= 0.3 is 0 Å². The molecule has 0 bridgehead atoms. The molecule has 0 spiro atoms. The van der Waals surface area contributed by atoms with Gasteiger partial charge in [-0.2, -0.15) is 0 Å². The van der Waals surface area contributed by atoms with Crippen LogP contribution in [0.5, 0.6) is 0 Å². The molecule has 1 N–H and O–H groups in total. The second kappa shape index (κ2) is 5.09. The Morgan fingerprint density at radius 1 is 1.65 bits per heavy atom. The molecular formula is C11H15N3O3. The van der Waals surface area contributed by atoms with E-state index < -0.39 is 4.92 Å². The molecule has 1 aromatic rings. The summed E-state index contributed by atoms with van der Waals surface area (Å²) in [7, 11) is 0. The highest BCUT2D eigenvalue weighted by Crippen LogP contribution is 2.23. The predicted molar refractivity (Wildman–Crippen MR) is 62.9 cm³/mol. The number of aromatic nitrogens is 1. The summed E-state index contributed by atoms with van der Waals surface area (Å²) < 4.78 is 0. The Bertz CT molecular complexity index is 411. The summed E-state index contributed by atoms with van der Waals surface area (Å²) in [5.41, 5.74) is 0.0566. The van der Waals surface area contributed by atoms with E-state index in [2.05, 4.69) is 4.98 Å². The average Bonchev–Trinajstić information content (AvgIpc) is 2.39. The number of pyridine rings is 1. The molecule has 1 aliphatic heterocycles. The van der Waals surface area contributed by atoms with E-state index in [4.69, 9.17) is 5.11 Å². The van der Waals surface area contributed by atoms with Gasteiger partial charge in [0, 0.05) is 32.0 Å². The third-order valence-corrected chi connectivity index (χ3v) is 3.04. The standard InChI is InChI=1S/C11H15N3O3/c15-8-9-2-1-5-13(7-9)11-6-10(14(16)17)3-4-12-11/h3-4,6,9,15H,1-2,5,7-8H2. The van der Waals surface area contributed by atoms with Crippen molar-refractivity contribution in [3.05, 3.63) is 28.4 Å². The summed E-state index contributed by atoms with van der Waals surface area (Å²) in [6.07, 6.45) is 3.44. The lowest BCUT2D eigenvalue weighted by atomic mass is 9.99. The van der Waals surface area contributed by atoms with Crippen molar-refractivity contribution in [3.8, 4) is 0 Å². The van der Waals surface area contributed by atoms with Crippen molar-refractivity contribution >= 4 is 11.5 Å². The molecular weight excluding hydrogens is 222 g/mol. The fraction of sp³-hybridized carbons (Fsp3) is 0.545. The molecule has 2 rings (SSSR count). The number of piperidine rings is 1. The quantitative estimate of drug-likeness (QED) is 0.631. The van der Waals surface area contributed by atoms with Crippen molar-refractivity contribution in [1.82, 2.24) is 4.98 Å². The van der Waals surface area contributed by atoms with Crippen molar-refractivity contribution in [1.29, 1.82) is 0 Å². The summed E-state index contributed by atoms with van der Waals surface area (Å²) in [5.74, 6) is 0.863. The topological polar surface area (TPSA) is 79.5 Å². The van der Waals surface area contributed by atoms with E-state index in [0.717, 1.165) is 19.4 Å². The smallest absolute Gasteiger partial charge is 0.274 e. The largest absolute Gasteiger partial charge is 0.396 e. The minimum Gasteiger partial charge on any atom is -0.396 e. The van der Waals surface area contributed by atoms with Gasteiger partial charge in [-0.05, 0) is 18.8 Å². The Kier molecular flexibility index (Phi) is 3.53. The summed E-state index contributed by atoms with van der Waals surface area (Å²) in [5, 5.41) is 19.8. The van der Waals surface area contributed by atoms with Crippen molar-refractivity contribution in [2.45, 2.75) is 12.8 Å². The Morgan fingerprint density at radius 2 is 2.47 bits per heavy atom. The van der Waals surface area contributed by atoms with Gasteiger partial charge < -0.3 is 10.0 Å². The third-order valence-electron chi connectivity index (χ3n) is 3.04. The molecule has 1 fully saturated rings. The lowest BCUT2D eigenvalue weighted by Gasteiger charge is -2.32. The Hall–Kier alpha value is -1.69. The van der Waals surface area contributed by atoms with E-state index >= 15 is 0 Å². The Labute approximate surface area is 99.0 Å². The maximum absolute atomic E-state index is 10.7. The van der Waals surface area contributed by atoms with Gasteiger partial charge in [0.05, 0.1) is 11.0 Å². The number of nitrogens with zero attached hydrogens (tertiary/aromatic N) is 3. The zero-order valence-corrected chi connectivity index (χ0v) is 9.45. The molecule has 2 heterocycles. The molecule has 0 amide bonds. The Balaban J connectivity index is 2.16. The highest BCUT2D eigenvalue weighted by atomic mass is 16.6. The first-order valence-corrected chi connectivity index (χ1v) is 5.67. The van der Waals surface area contributed by atoms with Gasteiger partial charge in [-0.25, -0.2) is 4.98 Å². The van der Waals surface area contributed by atoms with E-state index in [1.807, 2.05) is 4.90 Å². The summed E-state index contributed by atoms with van der Waals surface area (Å²) >= 11 is 0. The number of hydrogen-bond donors (Lipinski definition) is 1. The van der Waals surface area contributed by atoms with Crippen LogP contribution in [0.4, 0.5) is 11.5 Å². The fourth-order valence-electron chi connectivity index (χ4n) is 2.12. The van der Waals surface area contributed by atoms with Gasteiger partial charge in [0.2, 0.25) is 0 Å². The van der Waals surface area contributed by atoms with Gasteiger partial charge in [0.1, 0.15) is 5.82 Å². The van der Waals surface area contributed by atoms with Crippen LogP contribution in [0.25, 0.3) is 0 Å². The van der Waals surface area contributed by atoms with Gasteiger partial charge in [-0.15, -0.1) is 0 Å². The highest BCUT2D eigenvalue weighted by molar-refractivity contribution is 5.46. The SMILES string of the molecule is O=[N+]([O-])c1ccnc(N2CCCC(CO)C2)c1. The van der Waals surface area contributed by atoms with E-state index in [-0.39, 0.29) is 18.2 Å². The van der Waals surface area contributed by atoms with Gasteiger partial charge in [0.15, 0.2) is 0 Å². The molecule has 1 aliphatic rings. The van der Waals surface area contributed by atoms with Gasteiger partial charge in [-0.1, -0.05) is 0 Å². The zero-order chi connectivity index (χ0) is 12.3. The maximum Gasteiger partial charge on any atom is 0.274 e. The molecule has 1 unspecified atom stereocenters. The predicted octanol–water partition coefficient (Wildman–Crippen LogP) is 1.20. The molecule has 1 saturated heterocycles. The first-order valence-electron chi connectivity index (χ1n) is 5.67. The van der Waals surface area contributed by atoms with Gasteiger partial charge in [-0.3, -0.25) is 10.1 Å². The summed E-state index contributed by atoms with van der Waals surface area (Å²) in [4.78, 5) is 16.4. The third kappa shape index (κ3) is 2.71. The molecule has 0 aromatic carbocycles. The molecule has 6 nitrogen and oxygen atoms in total. The van der Waals surface area contributed by atoms with Crippen molar-refractivity contribution < 1.29 is 10.0 Å². The second-order valence-electron chi connectivity index (χ2n) is 4.27. The van der Waals surface area contributed by atoms with Crippen LogP contribution < -0.4 is 4.90 Å². The first kappa shape index (κ1) is 11.8. The highest BCUT2D eigenvalue weighted by Gasteiger charge is 2.21. The van der Waals surface area contributed by atoms with E-state index in [0.29, 0.717) is 12.4 Å². The second-order valence-corrected chi connectivity index (χ2v) is 4.27. The molecule has 1 aromatic heterocycles. The number of nitro groups is 1. The summed E-state index contributed by atoms with van der Waals surface area (Å²) in [6, 6.07) is 2.87. The van der Waals surface area contributed by atoms with E-state index in [1.165, 1.54) is 18.3 Å². The molecule has 0 radical (unpaired) electrons. The maximum atomic E-state index is 10.7. The number of anilines is 1. The van der Waals surface area contributed by atoms with E-state index in [1.54, 1.807) is 0 Å². The molecule has 1 atom stereocenters. The molecule has 6 heteroatoms. The van der Waals surface area contributed by atoms with Crippen molar-refractivity contribution in [3.63, 3.8) is 0 Å². The number of aliphatic hydroxyl groups excluding tert-OH is 1. The number of rotatable bonds is 3. The average molecular weight is 237 g/mol. The minimum absolute atomic E-state index is 0.0566. The lowest BCUT2D eigenvalue weighted by molar-refractivity contribution is -0.384. The fourth-order valence-corrected chi connectivity index (χ4v) is 2.12. The molecule has 0 saturated carbocycles. The first-order chi connectivity index (χ1) is 8.20. The van der Waals surface area contributed by atoms with Crippen molar-refractivity contribution in [2.24, 2.45) is 5.92 Å². The van der Waals surface area contributed by atoms with Crippen LogP contribution in [0.15, 0.2) is 18.3 Å². The van der Waals surface area contributed by atoms with Crippen LogP contribution >= 0.6 is 0 Å². The van der Waals surface area contributed by atoms with Crippen molar-refractivity contribution in [2.75, 3.05) is 24.6 Å². The Morgan fingerprint density at radius 3 is 3.18 bits per heavy atom. The van der Waals surface area contributed by atoms with E-state index in [9.17, 15) is 10.1 Å². The molecule has 17 heavy (non-hydrogen) atoms. The van der Waals surface area contributed by atoms with Crippen LogP contribution in [-0.4, -0.2) is 34.7 Å². The van der Waals surface area contributed by atoms with Crippen LogP contribution in [0.2, 0.25) is 0 Å². The van der Waals surface area contributed by atoms with Gasteiger partial charge in [0.25, 0.3) is 5.69 Å². The summed E-state index contributed by atoms with van der Waals surface area (Å²) in [6.45, 7) is 1.71. The minimum atomic E-state index is -0.418. The molecule has 92 valence electrons. The van der Waals surface area contributed by atoms with Crippen LogP contribution in [-0.2, 0) is 0 Å². The monoisotopic (exact) mass is 237 g/mol. The zero-order valence-electron chi connectivity index (χ0n) is 9.45. The van der Waals surface area contributed by atoms with Crippen LogP contribution in [0.3, 0.4) is 0 Å².